The number of hydrogen-bond donors (Lipinski definition) is 1. The molecule has 0 spiro atoms. The summed E-state index contributed by atoms with van der Waals surface area (Å²) < 4.78 is 5.80. The number of ketones is 1. The number of nitrogens with zero attached hydrogens (tertiary/aromatic N) is 1. The number of Topliss-reactive ketones (excluding diaryl/α,β-unsaturated/α-hetero) is 1. The summed E-state index contributed by atoms with van der Waals surface area (Å²) in [7, 11) is 0. The molecule has 106 valence electrons. The molecule has 0 aromatic heterocycles. The SMILES string of the molecule is CC(=O)c1c(C)ccc(Oc2cccc(N)c2C#N)c1C. The zero-order valence-corrected chi connectivity index (χ0v) is 12.2. The van der Waals surface area contributed by atoms with Gasteiger partial charge in [0, 0.05) is 11.1 Å². The highest BCUT2D eigenvalue weighted by Gasteiger charge is 2.14. The van der Waals surface area contributed by atoms with E-state index in [9.17, 15) is 4.79 Å². The number of benzene rings is 2. The van der Waals surface area contributed by atoms with E-state index in [0.29, 0.717) is 28.3 Å². The zero-order valence-electron chi connectivity index (χ0n) is 12.2. The predicted molar refractivity (Wildman–Crippen MR) is 81.6 cm³/mol. The van der Waals surface area contributed by atoms with E-state index in [-0.39, 0.29) is 5.78 Å². The van der Waals surface area contributed by atoms with Crippen LogP contribution in [0.5, 0.6) is 11.5 Å². The molecule has 2 N–H and O–H groups in total. The van der Waals surface area contributed by atoms with Gasteiger partial charge in [0.15, 0.2) is 5.78 Å². The highest BCUT2D eigenvalue weighted by atomic mass is 16.5. The molecule has 0 aliphatic rings. The summed E-state index contributed by atoms with van der Waals surface area (Å²) in [6.07, 6.45) is 0. The normalized spacial score (nSPS) is 10.0. The van der Waals surface area contributed by atoms with Crippen molar-refractivity contribution in [2.75, 3.05) is 5.73 Å². The molecular formula is C17H16N2O2. The first-order chi connectivity index (χ1) is 9.95. The van der Waals surface area contributed by atoms with E-state index in [0.717, 1.165) is 11.1 Å². The lowest BCUT2D eigenvalue weighted by Gasteiger charge is -2.14. The van der Waals surface area contributed by atoms with Crippen molar-refractivity contribution in [1.29, 1.82) is 5.26 Å². The zero-order chi connectivity index (χ0) is 15.6. The van der Waals surface area contributed by atoms with E-state index in [1.54, 1.807) is 24.3 Å². The maximum Gasteiger partial charge on any atom is 0.160 e. The topological polar surface area (TPSA) is 76.1 Å². The Balaban J connectivity index is 2.52. The van der Waals surface area contributed by atoms with Crippen LogP contribution in [0, 0.1) is 25.2 Å². The number of nitriles is 1. The van der Waals surface area contributed by atoms with Gasteiger partial charge < -0.3 is 10.5 Å². The average molecular weight is 280 g/mol. The standard InChI is InChI=1S/C17H16N2O2/c1-10-7-8-15(11(2)17(10)12(3)20)21-16-6-4-5-14(19)13(16)9-18/h4-8H,19H2,1-3H3. The van der Waals surface area contributed by atoms with Gasteiger partial charge in [-0.25, -0.2) is 0 Å². The van der Waals surface area contributed by atoms with Crippen molar-refractivity contribution in [3.05, 3.63) is 52.6 Å². The van der Waals surface area contributed by atoms with E-state index in [1.165, 1.54) is 6.92 Å². The first-order valence-corrected chi connectivity index (χ1v) is 6.53. The fourth-order valence-electron chi connectivity index (χ4n) is 2.35. The number of aryl methyl sites for hydroxylation is 1. The molecule has 4 nitrogen and oxygen atoms in total. The number of anilines is 1. The van der Waals surface area contributed by atoms with Crippen LogP contribution in [0.2, 0.25) is 0 Å². The maximum atomic E-state index is 11.7. The number of nitrogen functional groups attached to an aromatic ring is 1. The summed E-state index contributed by atoms with van der Waals surface area (Å²) in [6, 6.07) is 10.7. The van der Waals surface area contributed by atoms with Crippen LogP contribution in [0.15, 0.2) is 30.3 Å². The highest BCUT2D eigenvalue weighted by Crippen LogP contribution is 2.32. The van der Waals surface area contributed by atoms with Crippen LogP contribution in [0.25, 0.3) is 0 Å². The maximum absolute atomic E-state index is 11.7. The Kier molecular flexibility index (Phi) is 3.95. The van der Waals surface area contributed by atoms with E-state index in [4.69, 9.17) is 15.7 Å². The summed E-state index contributed by atoms with van der Waals surface area (Å²) in [4.78, 5) is 11.7. The van der Waals surface area contributed by atoms with Crippen molar-refractivity contribution in [2.24, 2.45) is 0 Å². The molecule has 0 aliphatic carbocycles. The first kappa shape index (κ1) is 14.6. The van der Waals surface area contributed by atoms with Crippen molar-refractivity contribution >= 4 is 11.5 Å². The summed E-state index contributed by atoms with van der Waals surface area (Å²) >= 11 is 0. The van der Waals surface area contributed by atoms with Crippen LogP contribution in [-0.2, 0) is 0 Å². The second-order valence-electron chi connectivity index (χ2n) is 4.87. The number of ether oxygens (including phenoxy) is 1. The first-order valence-electron chi connectivity index (χ1n) is 6.53. The van der Waals surface area contributed by atoms with Gasteiger partial charge in [0.1, 0.15) is 23.1 Å². The molecule has 0 bridgehead atoms. The minimum atomic E-state index is -0.0106. The molecule has 0 amide bonds. The Morgan fingerprint density at radius 3 is 2.52 bits per heavy atom. The van der Waals surface area contributed by atoms with Crippen LogP contribution in [-0.4, -0.2) is 5.78 Å². The van der Waals surface area contributed by atoms with Gasteiger partial charge in [0.25, 0.3) is 0 Å². The molecular weight excluding hydrogens is 264 g/mol. The van der Waals surface area contributed by atoms with Crippen molar-refractivity contribution in [1.82, 2.24) is 0 Å². The van der Waals surface area contributed by atoms with Gasteiger partial charge in [0.05, 0.1) is 5.69 Å². The monoisotopic (exact) mass is 280 g/mol. The van der Waals surface area contributed by atoms with Crippen molar-refractivity contribution in [3.63, 3.8) is 0 Å². The minimum absolute atomic E-state index is 0.0106. The molecule has 2 aromatic rings. The largest absolute Gasteiger partial charge is 0.456 e. The number of nitrogens with two attached hydrogens (primary N) is 1. The van der Waals surface area contributed by atoms with E-state index in [2.05, 4.69) is 0 Å². The molecule has 0 heterocycles. The number of carbonyl (C=O) groups excluding carboxylic acids is 1. The summed E-state index contributed by atoms with van der Waals surface area (Å²) in [5.74, 6) is 0.926. The quantitative estimate of drug-likeness (QED) is 0.686. The van der Waals surface area contributed by atoms with E-state index in [1.807, 2.05) is 26.0 Å². The predicted octanol–water partition coefficient (Wildman–Crippen LogP) is 3.75. The fourth-order valence-corrected chi connectivity index (χ4v) is 2.35. The number of carbonyl (C=O) groups is 1. The molecule has 0 aliphatic heterocycles. The highest BCUT2D eigenvalue weighted by molar-refractivity contribution is 5.97. The lowest BCUT2D eigenvalue weighted by atomic mass is 9.99. The minimum Gasteiger partial charge on any atom is -0.456 e. The van der Waals surface area contributed by atoms with Crippen molar-refractivity contribution in [3.8, 4) is 17.6 Å². The second-order valence-corrected chi connectivity index (χ2v) is 4.87. The molecule has 0 fully saturated rings. The third kappa shape index (κ3) is 2.72. The molecule has 2 aromatic carbocycles. The smallest absolute Gasteiger partial charge is 0.160 e. The molecule has 0 unspecified atom stereocenters. The third-order valence-corrected chi connectivity index (χ3v) is 3.37. The van der Waals surface area contributed by atoms with Crippen LogP contribution in [0.1, 0.15) is 34.0 Å². The molecule has 0 saturated heterocycles. The Bertz CT molecular complexity index is 758. The summed E-state index contributed by atoms with van der Waals surface area (Å²) in [6.45, 7) is 5.24. The molecule has 0 atom stereocenters. The Morgan fingerprint density at radius 1 is 1.19 bits per heavy atom. The second kappa shape index (κ2) is 5.68. The number of hydrogen-bond acceptors (Lipinski definition) is 4. The van der Waals surface area contributed by atoms with Crippen molar-refractivity contribution < 1.29 is 9.53 Å². The molecule has 0 radical (unpaired) electrons. The Hall–Kier alpha value is -2.80. The lowest BCUT2D eigenvalue weighted by Crippen LogP contribution is -2.02. The third-order valence-electron chi connectivity index (χ3n) is 3.37. The average Bonchev–Trinajstić information content (AvgIpc) is 2.42. The van der Waals surface area contributed by atoms with Gasteiger partial charge in [-0.15, -0.1) is 0 Å². The Labute approximate surface area is 123 Å². The Morgan fingerprint density at radius 2 is 1.90 bits per heavy atom. The van der Waals surface area contributed by atoms with Gasteiger partial charge in [-0.2, -0.15) is 5.26 Å². The van der Waals surface area contributed by atoms with E-state index < -0.39 is 0 Å². The van der Waals surface area contributed by atoms with Crippen molar-refractivity contribution in [2.45, 2.75) is 20.8 Å². The van der Waals surface area contributed by atoms with Crippen LogP contribution >= 0.6 is 0 Å². The fraction of sp³-hybridized carbons (Fsp3) is 0.176. The molecule has 2 rings (SSSR count). The molecule has 4 heteroatoms. The van der Waals surface area contributed by atoms with Crippen LogP contribution < -0.4 is 10.5 Å². The van der Waals surface area contributed by atoms with Crippen LogP contribution in [0.3, 0.4) is 0 Å². The molecule has 0 saturated carbocycles. The molecule has 21 heavy (non-hydrogen) atoms. The number of rotatable bonds is 3. The van der Waals surface area contributed by atoms with Crippen LogP contribution in [0.4, 0.5) is 5.69 Å². The van der Waals surface area contributed by atoms with Gasteiger partial charge in [0.2, 0.25) is 0 Å². The van der Waals surface area contributed by atoms with Gasteiger partial charge in [-0.3, -0.25) is 4.79 Å². The van der Waals surface area contributed by atoms with Gasteiger partial charge >= 0.3 is 0 Å². The summed E-state index contributed by atoms with van der Waals surface area (Å²) in [5.41, 5.74) is 8.74. The summed E-state index contributed by atoms with van der Waals surface area (Å²) in [5, 5.41) is 9.17. The van der Waals surface area contributed by atoms with E-state index >= 15 is 0 Å². The van der Waals surface area contributed by atoms with Gasteiger partial charge in [-0.1, -0.05) is 12.1 Å². The van der Waals surface area contributed by atoms with Gasteiger partial charge in [-0.05, 0) is 44.5 Å². The lowest BCUT2D eigenvalue weighted by molar-refractivity contribution is 0.101.